The van der Waals surface area contributed by atoms with Gasteiger partial charge < -0.3 is 28.8 Å². The number of fused-ring (bicyclic) bond motifs is 1. The van der Waals surface area contributed by atoms with Gasteiger partial charge in [-0.3, -0.25) is 19.6 Å². The Morgan fingerprint density at radius 1 is 1.10 bits per heavy atom. The van der Waals surface area contributed by atoms with Crippen molar-refractivity contribution in [3.8, 4) is 0 Å². The van der Waals surface area contributed by atoms with Crippen LogP contribution in [0.3, 0.4) is 0 Å². The van der Waals surface area contributed by atoms with Crippen molar-refractivity contribution in [2.75, 3.05) is 0 Å². The van der Waals surface area contributed by atoms with Gasteiger partial charge in [0.05, 0.1) is 6.10 Å². The van der Waals surface area contributed by atoms with Crippen LogP contribution in [0.25, 0.3) is 0 Å². The Kier molecular flexibility index (Phi) is 8.14. The average Bonchev–Trinajstić information content (AvgIpc) is 3.45. The summed E-state index contributed by atoms with van der Waals surface area (Å²) in [6, 6.07) is 0. The summed E-state index contributed by atoms with van der Waals surface area (Å²) in [4.78, 5) is 55.1. The summed E-state index contributed by atoms with van der Waals surface area (Å²) < 4.78 is 29.2. The second kappa shape index (κ2) is 10.7. The number of carbonyl (C=O) groups excluding carboxylic acids is 4. The van der Waals surface area contributed by atoms with E-state index in [0.29, 0.717) is 12.0 Å². The zero-order valence-corrected chi connectivity index (χ0v) is 24.0. The van der Waals surface area contributed by atoms with E-state index in [0.717, 1.165) is 0 Å². The van der Waals surface area contributed by atoms with Crippen molar-refractivity contribution in [3.63, 3.8) is 0 Å². The SMILES string of the molecule is CCCC(=O)OC1CC(OC(C)=O)C2(C)C(OC(C)=O)CC=C(C)C(OO)C3OC(=O)C4(C)OC34C(O)C2C1C. The van der Waals surface area contributed by atoms with Crippen molar-refractivity contribution >= 4 is 23.9 Å². The minimum atomic E-state index is -1.67. The number of epoxide rings is 1. The zero-order chi connectivity index (χ0) is 29.8. The van der Waals surface area contributed by atoms with Crippen LogP contribution in [0, 0.1) is 17.3 Å². The van der Waals surface area contributed by atoms with Gasteiger partial charge >= 0.3 is 23.9 Å². The number of rotatable bonds is 6. The largest absolute Gasteiger partial charge is 0.462 e. The molecule has 0 aromatic rings. The third kappa shape index (κ3) is 4.53. The van der Waals surface area contributed by atoms with E-state index in [2.05, 4.69) is 0 Å². The summed E-state index contributed by atoms with van der Waals surface area (Å²) in [5.74, 6) is -3.86. The Hall–Kier alpha value is -2.54. The molecule has 2 heterocycles. The normalized spacial score (nSPS) is 44.1. The summed E-state index contributed by atoms with van der Waals surface area (Å²) in [7, 11) is 0. The molecule has 0 bridgehead atoms. The Bertz CT molecular complexity index is 1090. The molecule has 0 radical (unpaired) electrons. The van der Waals surface area contributed by atoms with E-state index in [1.54, 1.807) is 26.8 Å². The fraction of sp³-hybridized carbons (Fsp3) is 0.786. The molecule has 0 aromatic heterocycles. The van der Waals surface area contributed by atoms with Gasteiger partial charge in [0.1, 0.15) is 18.3 Å². The molecule has 40 heavy (non-hydrogen) atoms. The molecule has 0 amide bonds. The van der Waals surface area contributed by atoms with E-state index >= 15 is 0 Å². The summed E-state index contributed by atoms with van der Waals surface area (Å²) in [6.45, 7) is 11.0. The lowest BCUT2D eigenvalue weighted by atomic mass is 9.53. The number of hydrogen-bond acceptors (Lipinski definition) is 12. The van der Waals surface area contributed by atoms with Crippen molar-refractivity contribution in [2.45, 2.75) is 122 Å². The van der Waals surface area contributed by atoms with Crippen LogP contribution in [0.1, 0.15) is 74.1 Å². The predicted octanol–water partition coefficient (Wildman–Crippen LogP) is 2.25. The summed E-state index contributed by atoms with van der Waals surface area (Å²) in [5.41, 5.74) is -4.02. The Balaban J connectivity index is 1.94. The molecule has 1 saturated carbocycles. The van der Waals surface area contributed by atoms with Crippen molar-refractivity contribution in [2.24, 2.45) is 17.3 Å². The van der Waals surface area contributed by atoms with Crippen molar-refractivity contribution in [1.82, 2.24) is 0 Å². The third-order valence-electron chi connectivity index (χ3n) is 9.45. The van der Waals surface area contributed by atoms with Crippen LogP contribution in [0.2, 0.25) is 0 Å². The lowest BCUT2D eigenvalue weighted by Crippen LogP contribution is -2.66. The van der Waals surface area contributed by atoms with Gasteiger partial charge in [0.15, 0.2) is 23.4 Å². The molecule has 4 rings (SSSR count). The van der Waals surface area contributed by atoms with Gasteiger partial charge in [-0.15, -0.1) is 0 Å². The zero-order valence-electron chi connectivity index (χ0n) is 24.0. The van der Waals surface area contributed by atoms with Gasteiger partial charge in [-0.05, 0) is 31.8 Å². The van der Waals surface area contributed by atoms with Crippen LogP contribution in [0.5, 0.6) is 0 Å². The number of ether oxygens (including phenoxy) is 5. The Labute approximate surface area is 233 Å². The number of hydrogen-bond donors (Lipinski definition) is 2. The number of carbonyl (C=O) groups is 4. The summed E-state index contributed by atoms with van der Waals surface area (Å²) >= 11 is 0. The van der Waals surface area contributed by atoms with Gasteiger partial charge in [0.25, 0.3) is 0 Å². The minimum absolute atomic E-state index is 0.0988. The van der Waals surface area contributed by atoms with Crippen LogP contribution < -0.4 is 0 Å². The van der Waals surface area contributed by atoms with Crippen molar-refractivity contribution in [3.05, 3.63) is 11.6 Å². The fourth-order valence-corrected chi connectivity index (χ4v) is 7.34. The molecule has 2 aliphatic carbocycles. The number of esters is 4. The lowest BCUT2D eigenvalue weighted by molar-refractivity contribution is -0.297. The van der Waals surface area contributed by atoms with Crippen molar-refractivity contribution < 1.29 is 58.1 Å². The highest BCUT2D eigenvalue weighted by molar-refractivity contribution is 5.88. The molecular formula is C28H40O12. The van der Waals surface area contributed by atoms with Gasteiger partial charge in [-0.2, -0.15) is 0 Å². The number of aliphatic hydroxyl groups excluding tert-OH is 1. The van der Waals surface area contributed by atoms with Crippen LogP contribution in [-0.4, -0.2) is 82.1 Å². The molecule has 12 heteroatoms. The van der Waals surface area contributed by atoms with E-state index < -0.39 is 89.0 Å². The summed E-state index contributed by atoms with van der Waals surface area (Å²) in [6.07, 6.45) is -3.95. The standard InChI is InChI=1S/C28H40O12/c1-8-9-20(31)37-17-12-19(36-16(5)30)26(6)18(35-15(4)29)11-10-13(2)22(39-34)24-28(23(32)21(26)14(17)3)27(7,40-28)25(33)38-24/h10,14,17-19,21-24,32,34H,8-9,11-12H2,1-7H3. The molecule has 0 aromatic carbocycles. The smallest absolute Gasteiger partial charge is 0.341 e. The van der Waals surface area contributed by atoms with Gasteiger partial charge in [0.2, 0.25) is 0 Å². The maximum atomic E-state index is 13.0. The first kappa shape index (κ1) is 30.4. The monoisotopic (exact) mass is 568 g/mol. The van der Waals surface area contributed by atoms with E-state index in [1.165, 1.54) is 20.8 Å². The number of aliphatic hydroxyl groups is 1. The quantitative estimate of drug-likeness (QED) is 0.120. The first-order valence-electron chi connectivity index (χ1n) is 13.8. The van der Waals surface area contributed by atoms with E-state index in [-0.39, 0.29) is 19.3 Å². The molecule has 224 valence electrons. The Morgan fingerprint density at radius 2 is 1.73 bits per heavy atom. The van der Waals surface area contributed by atoms with E-state index in [4.69, 9.17) is 28.6 Å². The minimum Gasteiger partial charge on any atom is -0.462 e. The van der Waals surface area contributed by atoms with Gasteiger partial charge in [-0.1, -0.05) is 26.8 Å². The topological polar surface area (TPSA) is 167 Å². The first-order chi connectivity index (χ1) is 18.7. The van der Waals surface area contributed by atoms with E-state index in [9.17, 15) is 29.5 Å². The van der Waals surface area contributed by atoms with Crippen LogP contribution in [0.4, 0.5) is 0 Å². The average molecular weight is 569 g/mol. The maximum absolute atomic E-state index is 13.0. The second-order valence-corrected chi connectivity index (χ2v) is 11.9. The fourth-order valence-electron chi connectivity index (χ4n) is 7.34. The lowest BCUT2D eigenvalue weighted by Gasteiger charge is -2.56. The molecule has 12 nitrogen and oxygen atoms in total. The Morgan fingerprint density at radius 3 is 2.27 bits per heavy atom. The molecule has 2 aliphatic heterocycles. The maximum Gasteiger partial charge on any atom is 0.341 e. The highest BCUT2D eigenvalue weighted by atomic mass is 17.1. The third-order valence-corrected chi connectivity index (χ3v) is 9.45. The predicted molar refractivity (Wildman–Crippen MR) is 135 cm³/mol. The molecule has 4 aliphatic rings. The second-order valence-electron chi connectivity index (χ2n) is 11.9. The van der Waals surface area contributed by atoms with E-state index in [1.807, 2.05) is 6.92 Å². The van der Waals surface area contributed by atoms with Crippen LogP contribution >= 0.6 is 0 Å². The van der Waals surface area contributed by atoms with Crippen LogP contribution in [0.15, 0.2) is 11.6 Å². The molecule has 3 fully saturated rings. The first-order valence-corrected chi connectivity index (χ1v) is 13.8. The van der Waals surface area contributed by atoms with Crippen LogP contribution in [-0.2, 0) is 47.8 Å². The molecule has 1 spiro atoms. The molecule has 11 unspecified atom stereocenters. The molecule has 2 saturated heterocycles. The molecular weight excluding hydrogens is 528 g/mol. The summed E-state index contributed by atoms with van der Waals surface area (Å²) in [5, 5.41) is 22.2. The highest BCUT2D eigenvalue weighted by Gasteiger charge is 2.87. The van der Waals surface area contributed by atoms with Crippen molar-refractivity contribution in [1.29, 1.82) is 0 Å². The molecule has 2 N–H and O–H groups in total. The van der Waals surface area contributed by atoms with Gasteiger partial charge in [-0.25, -0.2) is 9.68 Å². The highest BCUT2D eigenvalue weighted by Crippen LogP contribution is 2.65. The van der Waals surface area contributed by atoms with Gasteiger partial charge in [0, 0.05) is 44.4 Å². The molecule has 11 atom stereocenters.